The van der Waals surface area contributed by atoms with Crippen molar-refractivity contribution in [3.05, 3.63) is 47.8 Å². The van der Waals surface area contributed by atoms with Gasteiger partial charge in [-0.2, -0.15) is 5.10 Å². The number of benzene rings is 1. The van der Waals surface area contributed by atoms with Gasteiger partial charge in [-0.1, -0.05) is 18.2 Å². The third-order valence-electron chi connectivity index (χ3n) is 3.15. The van der Waals surface area contributed by atoms with Crippen molar-refractivity contribution in [2.45, 2.75) is 12.8 Å². The first kappa shape index (κ1) is 12.9. The number of pyridine rings is 1. The molecule has 5 heteroatoms. The van der Waals surface area contributed by atoms with Crippen molar-refractivity contribution in [3.63, 3.8) is 0 Å². The van der Waals surface area contributed by atoms with Crippen LogP contribution in [0.15, 0.2) is 36.5 Å². The van der Waals surface area contributed by atoms with Crippen molar-refractivity contribution < 1.29 is 4.74 Å². The van der Waals surface area contributed by atoms with E-state index in [2.05, 4.69) is 10.1 Å². The van der Waals surface area contributed by atoms with Crippen molar-refractivity contribution in [2.24, 2.45) is 7.05 Å². The predicted molar refractivity (Wildman–Crippen MR) is 79.3 cm³/mol. The van der Waals surface area contributed by atoms with E-state index in [0.29, 0.717) is 17.6 Å². The number of nitrogens with zero attached hydrogens (tertiary/aromatic N) is 3. The molecule has 3 rings (SSSR count). The van der Waals surface area contributed by atoms with Crippen LogP contribution >= 0.6 is 11.6 Å². The summed E-state index contributed by atoms with van der Waals surface area (Å²) < 4.78 is 7.58. The average Bonchev–Trinajstić information content (AvgIpc) is 2.77. The number of fused-ring (bicyclic) bond motifs is 1. The van der Waals surface area contributed by atoms with E-state index < -0.39 is 0 Å². The number of ether oxygens (including phenoxy) is 1. The Balaban J connectivity index is 2.10. The molecule has 1 aromatic carbocycles. The molecule has 0 aliphatic heterocycles. The predicted octanol–water partition coefficient (Wildman–Crippen LogP) is 3.81. The van der Waals surface area contributed by atoms with Gasteiger partial charge in [-0.05, 0) is 23.9 Å². The van der Waals surface area contributed by atoms with Crippen LogP contribution in [0.2, 0.25) is 0 Å². The summed E-state index contributed by atoms with van der Waals surface area (Å²) in [4.78, 5) is 4.38. The molecule has 2 aromatic heterocycles. The molecule has 0 spiro atoms. The molecule has 0 N–H and O–H groups in total. The molecule has 0 aliphatic rings. The summed E-state index contributed by atoms with van der Waals surface area (Å²) in [7, 11) is 1.84. The summed E-state index contributed by atoms with van der Waals surface area (Å²) in [6, 6.07) is 9.83. The topological polar surface area (TPSA) is 39.9 Å². The Labute approximate surface area is 122 Å². The van der Waals surface area contributed by atoms with Gasteiger partial charge in [0.05, 0.1) is 5.69 Å². The van der Waals surface area contributed by atoms with Gasteiger partial charge in [-0.25, -0.2) is 9.67 Å². The van der Waals surface area contributed by atoms with E-state index in [9.17, 15) is 0 Å². The van der Waals surface area contributed by atoms with Crippen molar-refractivity contribution >= 4 is 22.4 Å². The molecule has 102 valence electrons. The minimum atomic E-state index is 0.429. The monoisotopic (exact) mass is 287 g/mol. The third kappa shape index (κ3) is 2.23. The Hall–Kier alpha value is -2.07. The molecule has 0 unspecified atom stereocenters. The summed E-state index contributed by atoms with van der Waals surface area (Å²) >= 11 is 5.95. The normalized spacial score (nSPS) is 10.9. The second-order valence-electron chi connectivity index (χ2n) is 4.62. The van der Waals surface area contributed by atoms with Crippen LogP contribution in [0.25, 0.3) is 10.8 Å². The Morgan fingerprint density at radius 2 is 2.00 bits per heavy atom. The maximum absolute atomic E-state index is 5.95. The number of alkyl halides is 1. The molecule has 0 bridgehead atoms. The van der Waals surface area contributed by atoms with Crippen molar-refractivity contribution in [2.75, 3.05) is 0 Å². The lowest BCUT2D eigenvalue weighted by atomic mass is 10.1. The minimum Gasteiger partial charge on any atom is -0.420 e. The second kappa shape index (κ2) is 5.13. The zero-order valence-corrected chi connectivity index (χ0v) is 12.1. The molecule has 0 radical (unpaired) electrons. The maximum Gasteiger partial charge on any atom is 0.229 e. The molecule has 2 heterocycles. The first-order valence-corrected chi connectivity index (χ1v) is 6.83. The van der Waals surface area contributed by atoms with Crippen LogP contribution in [0.3, 0.4) is 0 Å². The van der Waals surface area contributed by atoms with Crippen LogP contribution in [0.1, 0.15) is 11.3 Å². The molecule has 0 amide bonds. The first-order chi connectivity index (χ1) is 9.69. The highest BCUT2D eigenvalue weighted by Crippen LogP contribution is 2.30. The summed E-state index contributed by atoms with van der Waals surface area (Å²) in [5.74, 6) is 1.66. The number of rotatable bonds is 3. The van der Waals surface area contributed by atoms with Gasteiger partial charge in [0.25, 0.3) is 0 Å². The Bertz CT molecular complexity index is 767. The van der Waals surface area contributed by atoms with Crippen molar-refractivity contribution in [1.82, 2.24) is 14.8 Å². The molecule has 4 nitrogen and oxygen atoms in total. The largest absolute Gasteiger partial charge is 0.420 e. The van der Waals surface area contributed by atoms with E-state index >= 15 is 0 Å². The molecule has 0 fully saturated rings. The Kier molecular flexibility index (Phi) is 3.32. The minimum absolute atomic E-state index is 0.429. The van der Waals surface area contributed by atoms with Gasteiger partial charge in [-0.3, -0.25) is 0 Å². The van der Waals surface area contributed by atoms with Gasteiger partial charge in [0, 0.05) is 30.6 Å². The van der Waals surface area contributed by atoms with E-state index in [4.69, 9.17) is 16.3 Å². The summed E-state index contributed by atoms with van der Waals surface area (Å²) in [5.41, 5.74) is 1.90. The van der Waals surface area contributed by atoms with E-state index in [-0.39, 0.29) is 0 Å². The quantitative estimate of drug-likeness (QED) is 0.688. The lowest BCUT2D eigenvalue weighted by molar-refractivity contribution is 0.420. The lowest BCUT2D eigenvalue weighted by Crippen LogP contribution is -1.98. The first-order valence-electron chi connectivity index (χ1n) is 6.30. The fraction of sp³-hybridized carbons (Fsp3) is 0.200. The number of hydrogen-bond donors (Lipinski definition) is 0. The second-order valence-corrected chi connectivity index (χ2v) is 4.88. The Morgan fingerprint density at radius 3 is 2.65 bits per heavy atom. The van der Waals surface area contributed by atoms with Gasteiger partial charge >= 0.3 is 0 Å². The van der Waals surface area contributed by atoms with Crippen LogP contribution in [-0.4, -0.2) is 14.8 Å². The maximum atomic E-state index is 5.95. The fourth-order valence-corrected chi connectivity index (χ4v) is 2.41. The van der Waals surface area contributed by atoms with E-state index in [1.54, 1.807) is 10.9 Å². The van der Waals surface area contributed by atoms with Gasteiger partial charge in [0.15, 0.2) is 0 Å². The fourth-order valence-electron chi connectivity index (χ4n) is 2.19. The van der Waals surface area contributed by atoms with Gasteiger partial charge in [0.1, 0.15) is 0 Å². The van der Waals surface area contributed by atoms with E-state index in [1.165, 1.54) is 0 Å². The SMILES string of the molecule is Cc1cc(Oc2ncc(CCl)c3ccccc23)n(C)n1. The summed E-state index contributed by atoms with van der Waals surface area (Å²) in [6.07, 6.45) is 1.76. The molecule has 0 atom stereocenters. The highest BCUT2D eigenvalue weighted by atomic mass is 35.5. The standard InChI is InChI=1S/C15H14ClN3O/c1-10-7-14(19(2)18-10)20-15-13-6-4-3-5-12(13)11(8-16)9-17-15/h3-7,9H,8H2,1-2H3. The molecular formula is C15H14ClN3O. The van der Waals surface area contributed by atoms with Gasteiger partial charge in [-0.15, -0.1) is 11.6 Å². The van der Waals surface area contributed by atoms with E-state index in [0.717, 1.165) is 22.0 Å². The third-order valence-corrected chi connectivity index (χ3v) is 3.43. The molecule has 20 heavy (non-hydrogen) atoms. The molecule has 3 aromatic rings. The van der Waals surface area contributed by atoms with Crippen LogP contribution in [0.5, 0.6) is 11.8 Å². The van der Waals surface area contributed by atoms with Crippen LogP contribution in [0, 0.1) is 6.92 Å². The summed E-state index contributed by atoms with van der Waals surface area (Å²) in [5, 5.41) is 6.27. The number of aryl methyl sites for hydroxylation is 2. The highest BCUT2D eigenvalue weighted by molar-refractivity contribution is 6.18. The lowest BCUT2D eigenvalue weighted by Gasteiger charge is -2.09. The van der Waals surface area contributed by atoms with E-state index in [1.807, 2.05) is 44.3 Å². The Morgan fingerprint density at radius 1 is 1.25 bits per heavy atom. The zero-order chi connectivity index (χ0) is 14.1. The van der Waals surface area contributed by atoms with Crippen molar-refractivity contribution in [3.8, 4) is 11.8 Å². The average molecular weight is 288 g/mol. The van der Waals surface area contributed by atoms with Crippen LogP contribution in [0.4, 0.5) is 0 Å². The highest BCUT2D eigenvalue weighted by Gasteiger charge is 2.11. The van der Waals surface area contributed by atoms with Crippen LogP contribution < -0.4 is 4.74 Å². The molecule has 0 saturated carbocycles. The number of aromatic nitrogens is 3. The zero-order valence-electron chi connectivity index (χ0n) is 11.3. The molecule has 0 aliphatic carbocycles. The summed E-state index contributed by atoms with van der Waals surface area (Å²) in [6.45, 7) is 1.93. The van der Waals surface area contributed by atoms with Crippen LogP contribution in [-0.2, 0) is 12.9 Å². The molecule has 0 saturated heterocycles. The number of hydrogen-bond acceptors (Lipinski definition) is 3. The van der Waals surface area contributed by atoms with Gasteiger partial charge in [0.2, 0.25) is 11.8 Å². The van der Waals surface area contributed by atoms with Gasteiger partial charge < -0.3 is 4.74 Å². The van der Waals surface area contributed by atoms with Crippen molar-refractivity contribution in [1.29, 1.82) is 0 Å². The molecular weight excluding hydrogens is 274 g/mol. The smallest absolute Gasteiger partial charge is 0.229 e. The number of halogens is 1.